The number of aromatic nitrogens is 1. The largest absolute Gasteiger partial charge is 0.299 e. The van der Waals surface area contributed by atoms with Crippen molar-refractivity contribution >= 4 is 5.78 Å². The Morgan fingerprint density at radius 1 is 1.28 bits per heavy atom. The molecule has 3 heteroatoms. The minimum Gasteiger partial charge on any atom is -0.299 e. The van der Waals surface area contributed by atoms with Crippen molar-refractivity contribution in [2.45, 2.75) is 19.8 Å². The molecule has 2 nitrogen and oxygen atoms in total. The van der Waals surface area contributed by atoms with Gasteiger partial charge >= 0.3 is 0 Å². The van der Waals surface area contributed by atoms with E-state index in [9.17, 15) is 9.18 Å². The number of carbonyl (C=O) groups is 1. The SMILES string of the molecule is Cc1cc(F)ccc1CC(=O)Cc1cccnc1. The second-order valence-electron chi connectivity index (χ2n) is 4.32. The average molecular weight is 243 g/mol. The van der Waals surface area contributed by atoms with E-state index in [0.29, 0.717) is 12.8 Å². The highest BCUT2D eigenvalue weighted by Crippen LogP contribution is 2.12. The maximum atomic E-state index is 12.9. The number of nitrogens with zero attached hydrogens (tertiary/aromatic N) is 1. The fourth-order valence-electron chi connectivity index (χ4n) is 1.86. The van der Waals surface area contributed by atoms with Gasteiger partial charge in [0.25, 0.3) is 0 Å². The molecule has 0 unspecified atom stereocenters. The Kier molecular flexibility index (Phi) is 3.82. The molecule has 1 aromatic carbocycles. The van der Waals surface area contributed by atoms with Crippen LogP contribution in [-0.2, 0) is 17.6 Å². The van der Waals surface area contributed by atoms with E-state index in [-0.39, 0.29) is 11.6 Å². The number of carbonyl (C=O) groups excluding carboxylic acids is 1. The van der Waals surface area contributed by atoms with E-state index >= 15 is 0 Å². The summed E-state index contributed by atoms with van der Waals surface area (Å²) in [6.45, 7) is 1.82. The normalized spacial score (nSPS) is 10.3. The summed E-state index contributed by atoms with van der Waals surface area (Å²) in [5, 5.41) is 0. The van der Waals surface area contributed by atoms with Crippen LogP contribution in [0.1, 0.15) is 16.7 Å². The van der Waals surface area contributed by atoms with Crippen LogP contribution in [0.5, 0.6) is 0 Å². The number of ketones is 1. The van der Waals surface area contributed by atoms with Crippen molar-refractivity contribution in [2.24, 2.45) is 0 Å². The van der Waals surface area contributed by atoms with Gasteiger partial charge in [0.05, 0.1) is 0 Å². The molecule has 0 aliphatic carbocycles. The quantitative estimate of drug-likeness (QED) is 0.826. The van der Waals surface area contributed by atoms with Crippen molar-refractivity contribution in [3.63, 3.8) is 0 Å². The Morgan fingerprint density at radius 2 is 2.11 bits per heavy atom. The van der Waals surface area contributed by atoms with E-state index in [4.69, 9.17) is 0 Å². The minimum absolute atomic E-state index is 0.109. The molecule has 18 heavy (non-hydrogen) atoms. The fraction of sp³-hybridized carbons (Fsp3) is 0.200. The van der Waals surface area contributed by atoms with Crippen LogP contribution in [0.25, 0.3) is 0 Å². The molecule has 0 aliphatic rings. The summed E-state index contributed by atoms with van der Waals surface area (Å²) < 4.78 is 12.9. The Balaban J connectivity index is 2.03. The fourth-order valence-corrected chi connectivity index (χ4v) is 1.86. The van der Waals surface area contributed by atoms with Crippen LogP contribution in [-0.4, -0.2) is 10.8 Å². The lowest BCUT2D eigenvalue weighted by Crippen LogP contribution is -2.08. The molecule has 1 aromatic heterocycles. The number of aryl methyl sites for hydroxylation is 1. The molecule has 1 heterocycles. The third-order valence-corrected chi connectivity index (χ3v) is 2.82. The molecule has 0 aliphatic heterocycles. The number of hydrogen-bond donors (Lipinski definition) is 0. The van der Waals surface area contributed by atoms with Crippen molar-refractivity contribution in [1.29, 1.82) is 0 Å². The third-order valence-electron chi connectivity index (χ3n) is 2.82. The lowest BCUT2D eigenvalue weighted by molar-refractivity contribution is -0.117. The Labute approximate surface area is 105 Å². The van der Waals surface area contributed by atoms with Gasteiger partial charge in [-0.2, -0.15) is 0 Å². The molecule has 0 fully saturated rings. The monoisotopic (exact) mass is 243 g/mol. The molecule has 0 radical (unpaired) electrons. The van der Waals surface area contributed by atoms with Gasteiger partial charge in [-0.1, -0.05) is 12.1 Å². The summed E-state index contributed by atoms with van der Waals surface area (Å²) in [5.41, 5.74) is 2.60. The van der Waals surface area contributed by atoms with Crippen LogP contribution >= 0.6 is 0 Å². The van der Waals surface area contributed by atoms with Crippen molar-refractivity contribution < 1.29 is 9.18 Å². The van der Waals surface area contributed by atoms with E-state index in [0.717, 1.165) is 16.7 Å². The van der Waals surface area contributed by atoms with Gasteiger partial charge in [-0.3, -0.25) is 9.78 Å². The first-order valence-corrected chi connectivity index (χ1v) is 5.81. The molecule has 0 amide bonds. The van der Waals surface area contributed by atoms with Crippen LogP contribution in [0.2, 0.25) is 0 Å². The first-order valence-electron chi connectivity index (χ1n) is 5.81. The molecule has 0 saturated heterocycles. The number of benzene rings is 1. The van der Waals surface area contributed by atoms with Crippen LogP contribution in [0, 0.1) is 12.7 Å². The van der Waals surface area contributed by atoms with Crippen molar-refractivity contribution in [1.82, 2.24) is 4.98 Å². The summed E-state index contributed by atoms with van der Waals surface area (Å²) in [6.07, 6.45) is 4.07. The van der Waals surface area contributed by atoms with Gasteiger partial charge in [-0.25, -0.2) is 4.39 Å². The Hall–Kier alpha value is -2.03. The first-order chi connectivity index (χ1) is 8.65. The molecular formula is C15H14FNO. The second-order valence-corrected chi connectivity index (χ2v) is 4.32. The maximum Gasteiger partial charge on any atom is 0.141 e. The molecule has 0 spiro atoms. The third kappa shape index (κ3) is 3.23. The highest BCUT2D eigenvalue weighted by atomic mass is 19.1. The molecule has 92 valence electrons. The van der Waals surface area contributed by atoms with Crippen LogP contribution in [0.15, 0.2) is 42.7 Å². The average Bonchev–Trinajstić information content (AvgIpc) is 2.34. The summed E-state index contributed by atoms with van der Waals surface area (Å²) in [6, 6.07) is 8.20. The van der Waals surface area contributed by atoms with Gasteiger partial charge in [0.2, 0.25) is 0 Å². The van der Waals surface area contributed by atoms with E-state index in [1.54, 1.807) is 18.5 Å². The van der Waals surface area contributed by atoms with Crippen molar-refractivity contribution in [2.75, 3.05) is 0 Å². The second kappa shape index (κ2) is 5.54. The van der Waals surface area contributed by atoms with Gasteiger partial charge in [0, 0.05) is 25.2 Å². The van der Waals surface area contributed by atoms with Gasteiger partial charge in [0.15, 0.2) is 0 Å². The number of Topliss-reactive ketones (excluding diaryl/α,β-unsaturated/α-hetero) is 1. The lowest BCUT2D eigenvalue weighted by atomic mass is 10.00. The zero-order chi connectivity index (χ0) is 13.0. The standard InChI is InChI=1S/C15H14FNO/c1-11-7-14(16)5-4-13(11)9-15(18)8-12-3-2-6-17-10-12/h2-7,10H,8-9H2,1H3. The zero-order valence-corrected chi connectivity index (χ0v) is 10.2. The van der Waals surface area contributed by atoms with Gasteiger partial charge in [-0.15, -0.1) is 0 Å². The maximum absolute atomic E-state index is 12.9. The van der Waals surface area contributed by atoms with E-state index in [1.807, 2.05) is 19.1 Å². The van der Waals surface area contributed by atoms with Gasteiger partial charge < -0.3 is 0 Å². The topological polar surface area (TPSA) is 30.0 Å². The Morgan fingerprint density at radius 3 is 2.78 bits per heavy atom. The predicted molar refractivity (Wildman–Crippen MR) is 67.8 cm³/mol. The molecule has 0 saturated carbocycles. The number of rotatable bonds is 4. The zero-order valence-electron chi connectivity index (χ0n) is 10.2. The highest BCUT2D eigenvalue weighted by molar-refractivity contribution is 5.83. The molecule has 0 N–H and O–H groups in total. The predicted octanol–water partition coefficient (Wildman–Crippen LogP) is 2.88. The highest BCUT2D eigenvalue weighted by Gasteiger charge is 2.08. The van der Waals surface area contributed by atoms with Crippen molar-refractivity contribution in [3.05, 3.63) is 65.2 Å². The van der Waals surface area contributed by atoms with Crippen LogP contribution in [0.4, 0.5) is 4.39 Å². The molecule has 0 bridgehead atoms. The molecule has 2 rings (SSSR count). The van der Waals surface area contributed by atoms with E-state index in [2.05, 4.69) is 4.98 Å². The van der Waals surface area contributed by atoms with Gasteiger partial charge in [-0.05, 0) is 41.8 Å². The van der Waals surface area contributed by atoms with Gasteiger partial charge in [0.1, 0.15) is 11.6 Å². The van der Waals surface area contributed by atoms with E-state index in [1.165, 1.54) is 12.1 Å². The molecular weight excluding hydrogens is 229 g/mol. The Bertz CT molecular complexity index is 552. The number of halogens is 1. The summed E-state index contributed by atoms with van der Waals surface area (Å²) in [4.78, 5) is 15.9. The number of pyridine rings is 1. The smallest absolute Gasteiger partial charge is 0.141 e. The first kappa shape index (κ1) is 12.4. The van der Waals surface area contributed by atoms with E-state index < -0.39 is 0 Å². The lowest BCUT2D eigenvalue weighted by Gasteiger charge is -2.05. The summed E-state index contributed by atoms with van der Waals surface area (Å²) in [7, 11) is 0. The molecule has 0 atom stereocenters. The summed E-state index contributed by atoms with van der Waals surface area (Å²) in [5.74, 6) is -0.159. The van der Waals surface area contributed by atoms with Crippen LogP contribution in [0.3, 0.4) is 0 Å². The number of hydrogen-bond acceptors (Lipinski definition) is 2. The minimum atomic E-state index is -0.268. The molecule has 2 aromatic rings. The van der Waals surface area contributed by atoms with Crippen molar-refractivity contribution in [3.8, 4) is 0 Å². The summed E-state index contributed by atoms with van der Waals surface area (Å²) >= 11 is 0. The van der Waals surface area contributed by atoms with Crippen LogP contribution < -0.4 is 0 Å².